The van der Waals surface area contributed by atoms with Crippen molar-refractivity contribution in [3.05, 3.63) is 39.7 Å². The molecule has 0 aliphatic heterocycles. The fraction of sp³-hybridized carbons (Fsp3) is 0.333. The first-order chi connectivity index (χ1) is 9.36. The van der Waals surface area contributed by atoms with Crippen molar-refractivity contribution in [2.45, 2.75) is 6.92 Å². The van der Waals surface area contributed by atoms with Crippen LogP contribution in [0.3, 0.4) is 0 Å². The lowest BCUT2D eigenvalue weighted by molar-refractivity contribution is -0.385. The van der Waals surface area contributed by atoms with Crippen LogP contribution in [0, 0.1) is 15.9 Å². The van der Waals surface area contributed by atoms with E-state index in [4.69, 9.17) is 0 Å². The van der Waals surface area contributed by atoms with Gasteiger partial charge in [-0.1, -0.05) is 0 Å². The number of carbonyl (C=O) groups is 2. The number of ether oxygens (including phenoxy) is 1. The predicted octanol–water partition coefficient (Wildman–Crippen LogP) is 1.37. The second kappa shape index (κ2) is 6.60. The summed E-state index contributed by atoms with van der Waals surface area (Å²) in [7, 11) is 1.27. The minimum atomic E-state index is -0.829. The molecule has 1 aromatic carbocycles. The molecule has 0 saturated carbocycles. The predicted molar refractivity (Wildman–Crippen MR) is 66.6 cm³/mol. The zero-order chi connectivity index (χ0) is 15.3. The van der Waals surface area contributed by atoms with E-state index in [1.165, 1.54) is 7.05 Å². The van der Waals surface area contributed by atoms with E-state index < -0.39 is 33.9 Å². The molecule has 0 saturated heterocycles. The molecule has 0 atom stereocenters. The molecular weight excluding hydrogens is 271 g/mol. The lowest BCUT2D eigenvalue weighted by atomic mass is 10.1. The van der Waals surface area contributed by atoms with Crippen molar-refractivity contribution in [1.82, 2.24) is 4.90 Å². The van der Waals surface area contributed by atoms with Crippen molar-refractivity contribution in [3.63, 3.8) is 0 Å². The Morgan fingerprint density at radius 1 is 1.45 bits per heavy atom. The number of likely N-dealkylation sites (N-methyl/N-ethyl adjacent to an activating group) is 1. The summed E-state index contributed by atoms with van der Waals surface area (Å²) in [6, 6.07) is 2.56. The quantitative estimate of drug-likeness (QED) is 0.462. The fourth-order valence-electron chi connectivity index (χ4n) is 1.52. The van der Waals surface area contributed by atoms with Gasteiger partial charge >= 0.3 is 5.97 Å². The molecule has 0 spiro atoms. The number of nitrogens with zero attached hydrogens (tertiary/aromatic N) is 2. The van der Waals surface area contributed by atoms with Crippen molar-refractivity contribution in [1.29, 1.82) is 0 Å². The summed E-state index contributed by atoms with van der Waals surface area (Å²) >= 11 is 0. The Kier molecular flexibility index (Phi) is 5.13. The molecule has 0 N–H and O–H groups in total. The van der Waals surface area contributed by atoms with Crippen LogP contribution in [0.2, 0.25) is 0 Å². The Morgan fingerprint density at radius 3 is 2.65 bits per heavy atom. The number of nitro groups is 1. The highest BCUT2D eigenvalue weighted by molar-refractivity contribution is 5.99. The number of esters is 1. The van der Waals surface area contributed by atoms with Crippen molar-refractivity contribution in [3.8, 4) is 0 Å². The molecule has 1 rings (SSSR count). The average Bonchev–Trinajstić information content (AvgIpc) is 2.37. The van der Waals surface area contributed by atoms with Crippen molar-refractivity contribution in [2.24, 2.45) is 0 Å². The normalized spacial score (nSPS) is 9.95. The highest BCUT2D eigenvalue weighted by Gasteiger charge is 2.24. The first-order valence-electron chi connectivity index (χ1n) is 5.71. The van der Waals surface area contributed by atoms with Gasteiger partial charge in [0.2, 0.25) is 0 Å². The summed E-state index contributed by atoms with van der Waals surface area (Å²) in [5.74, 6) is -2.25. The molecule has 0 bridgehead atoms. The van der Waals surface area contributed by atoms with Crippen LogP contribution in [-0.4, -0.2) is 41.9 Å². The first-order valence-corrected chi connectivity index (χ1v) is 5.71. The van der Waals surface area contributed by atoms with Crippen LogP contribution in [0.5, 0.6) is 0 Å². The molecule has 0 aliphatic carbocycles. The first kappa shape index (κ1) is 15.5. The molecule has 108 valence electrons. The molecular formula is C12H13FN2O5. The van der Waals surface area contributed by atoms with Crippen LogP contribution < -0.4 is 0 Å². The number of carbonyl (C=O) groups excluding carboxylic acids is 2. The maximum atomic E-state index is 13.1. The topological polar surface area (TPSA) is 89.8 Å². The van der Waals surface area contributed by atoms with E-state index in [1.807, 2.05) is 0 Å². The highest BCUT2D eigenvalue weighted by atomic mass is 19.1. The van der Waals surface area contributed by atoms with E-state index in [-0.39, 0.29) is 13.2 Å². The van der Waals surface area contributed by atoms with E-state index in [9.17, 15) is 24.1 Å². The van der Waals surface area contributed by atoms with Crippen molar-refractivity contribution in [2.75, 3.05) is 20.2 Å². The standard InChI is InChI=1S/C12H13FN2O5/c1-3-20-11(16)7-14(2)12(17)9-6-8(13)4-5-10(9)15(18)19/h4-6H,3,7H2,1-2H3. The van der Waals surface area contributed by atoms with Gasteiger partial charge in [-0.05, 0) is 19.1 Å². The molecule has 8 heteroatoms. The monoisotopic (exact) mass is 284 g/mol. The summed E-state index contributed by atoms with van der Waals surface area (Å²) in [5.41, 5.74) is -0.936. The molecule has 0 aromatic heterocycles. The number of hydrogen-bond donors (Lipinski definition) is 0. The van der Waals surface area contributed by atoms with Gasteiger partial charge in [-0.3, -0.25) is 19.7 Å². The molecule has 0 fully saturated rings. The Balaban J connectivity index is 2.99. The largest absolute Gasteiger partial charge is 0.465 e. The van der Waals surface area contributed by atoms with Crippen molar-refractivity contribution >= 4 is 17.6 Å². The summed E-state index contributed by atoms with van der Waals surface area (Å²) in [5, 5.41) is 10.8. The maximum absolute atomic E-state index is 13.1. The number of nitro benzene ring substituents is 1. The highest BCUT2D eigenvalue weighted by Crippen LogP contribution is 2.20. The average molecular weight is 284 g/mol. The zero-order valence-electron chi connectivity index (χ0n) is 11.0. The number of hydrogen-bond acceptors (Lipinski definition) is 5. The summed E-state index contributed by atoms with van der Waals surface area (Å²) in [4.78, 5) is 34.2. The minimum absolute atomic E-state index is 0.154. The Hall–Kier alpha value is -2.51. The van der Waals surface area contributed by atoms with Crippen LogP contribution in [0.15, 0.2) is 18.2 Å². The smallest absolute Gasteiger partial charge is 0.325 e. The number of benzene rings is 1. The van der Waals surface area contributed by atoms with E-state index in [0.717, 1.165) is 23.1 Å². The molecule has 0 heterocycles. The van der Waals surface area contributed by atoms with E-state index in [1.54, 1.807) is 6.92 Å². The third-order valence-electron chi connectivity index (χ3n) is 2.40. The van der Waals surface area contributed by atoms with E-state index in [0.29, 0.717) is 0 Å². The summed E-state index contributed by atoms with van der Waals surface area (Å²) in [6.07, 6.45) is 0. The lowest BCUT2D eigenvalue weighted by Gasteiger charge is -2.16. The third kappa shape index (κ3) is 3.74. The molecule has 20 heavy (non-hydrogen) atoms. The second-order valence-corrected chi connectivity index (χ2v) is 3.88. The zero-order valence-corrected chi connectivity index (χ0v) is 11.0. The molecule has 7 nitrogen and oxygen atoms in total. The molecule has 0 aliphatic rings. The molecule has 0 radical (unpaired) electrons. The van der Waals surface area contributed by atoms with Gasteiger partial charge in [-0.25, -0.2) is 4.39 Å². The lowest BCUT2D eigenvalue weighted by Crippen LogP contribution is -2.33. The van der Waals surface area contributed by atoms with Crippen molar-refractivity contribution < 1.29 is 23.6 Å². The van der Waals surface area contributed by atoms with Gasteiger partial charge in [0.15, 0.2) is 0 Å². The maximum Gasteiger partial charge on any atom is 0.325 e. The number of rotatable bonds is 5. The van der Waals surface area contributed by atoms with Gasteiger partial charge in [0, 0.05) is 13.1 Å². The van der Waals surface area contributed by atoms with Crippen LogP contribution in [0.4, 0.5) is 10.1 Å². The number of amides is 1. The van der Waals surface area contributed by atoms with Gasteiger partial charge in [0.05, 0.1) is 11.5 Å². The van der Waals surface area contributed by atoms with E-state index in [2.05, 4.69) is 4.74 Å². The Bertz CT molecular complexity index is 547. The van der Waals surface area contributed by atoms with Gasteiger partial charge < -0.3 is 9.64 Å². The Labute approximate surface area is 114 Å². The summed E-state index contributed by atoms with van der Waals surface area (Å²) < 4.78 is 17.8. The summed E-state index contributed by atoms with van der Waals surface area (Å²) in [6.45, 7) is 1.39. The van der Waals surface area contributed by atoms with Crippen LogP contribution >= 0.6 is 0 Å². The SMILES string of the molecule is CCOC(=O)CN(C)C(=O)c1cc(F)ccc1[N+](=O)[O-]. The minimum Gasteiger partial charge on any atom is -0.465 e. The van der Waals surface area contributed by atoms with Crippen LogP contribution in [0.25, 0.3) is 0 Å². The van der Waals surface area contributed by atoms with Gasteiger partial charge in [0.1, 0.15) is 17.9 Å². The molecule has 0 unspecified atom stereocenters. The molecule has 1 aromatic rings. The van der Waals surface area contributed by atoms with E-state index >= 15 is 0 Å². The fourth-order valence-corrected chi connectivity index (χ4v) is 1.52. The van der Waals surface area contributed by atoms with Gasteiger partial charge in [-0.15, -0.1) is 0 Å². The Morgan fingerprint density at radius 2 is 2.10 bits per heavy atom. The van der Waals surface area contributed by atoms with Gasteiger partial charge in [-0.2, -0.15) is 0 Å². The van der Waals surface area contributed by atoms with Crippen LogP contribution in [0.1, 0.15) is 17.3 Å². The molecule has 1 amide bonds. The van der Waals surface area contributed by atoms with Gasteiger partial charge in [0.25, 0.3) is 11.6 Å². The second-order valence-electron chi connectivity index (χ2n) is 3.88. The number of halogens is 1. The third-order valence-corrected chi connectivity index (χ3v) is 2.40. The van der Waals surface area contributed by atoms with Crippen LogP contribution in [-0.2, 0) is 9.53 Å².